The maximum atomic E-state index is 12.3. The third-order valence-electron chi connectivity index (χ3n) is 4.00. The van der Waals surface area contributed by atoms with Crippen LogP contribution in [0.15, 0.2) is 59.1 Å². The lowest BCUT2D eigenvalue weighted by Crippen LogP contribution is -2.11. The lowest BCUT2D eigenvalue weighted by molar-refractivity contribution is 0.101. The van der Waals surface area contributed by atoms with E-state index < -0.39 is 0 Å². The smallest absolute Gasteiger partial charge is 0.277 e. The Balaban J connectivity index is 1.63. The van der Waals surface area contributed by atoms with Crippen molar-refractivity contribution in [2.75, 3.05) is 19.0 Å². The molecule has 0 saturated carbocycles. The molecular formula is C21H22N2O4. The summed E-state index contributed by atoms with van der Waals surface area (Å²) < 4.78 is 16.1. The van der Waals surface area contributed by atoms with Crippen LogP contribution in [0.3, 0.4) is 0 Å². The van der Waals surface area contributed by atoms with E-state index in [1.165, 1.54) is 0 Å². The van der Waals surface area contributed by atoms with Crippen LogP contribution in [0.25, 0.3) is 11.3 Å². The second kappa shape index (κ2) is 8.89. The van der Waals surface area contributed by atoms with Crippen LogP contribution in [0.1, 0.15) is 30.3 Å². The minimum atomic E-state index is -0.338. The Morgan fingerprint density at radius 2 is 1.78 bits per heavy atom. The second-order valence-corrected chi connectivity index (χ2v) is 5.99. The van der Waals surface area contributed by atoms with Crippen molar-refractivity contribution in [3.8, 4) is 22.8 Å². The molecule has 0 aliphatic carbocycles. The van der Waals surface area contributed by atoms with Gasteiger partial charge in [0.05, 0.1) is 13.7 Å². The molecule has 0 aliphatic heterocycles. The van der Waals surface area contributed by atoms with Crippen molar-refractivity contribution in [2.45, 2.75) is 19.8 Å². The number of anilines is 1. The number of aromatic nitrogens is 1. The summed E-state index contributed by atoms with van der Waals surface area (Å²) in [5.74, 6) is 1.72. The highest BCUT2D eigenvalue weighted by Gasteiger charge is 2.14. The van der Waals surface area contributed by atoms with Gasteiger partial charge in [0.25, 0.3) is 5.91 Å². The van der Waals surface area contributed by atoms with Crippen molar-refractivity contribution >= 4 is 11.6 Å². The molecular weight excluding hydrogens is 344 g/mol. The molecule has 0 spiro atoms. The van der Waals surface area contributed by atoms with E-state index >= 15 is 0 Å². The fraction of sp³-hybridized carbons (Fsp3) is 0.238. The standard InChI is InChI=1S/C21H22N2O4/c1-3-4-13-26-18-9-5-15(6-10-18)20-14-19(23-27-20)21(24)22-16-7-11-17(25-2)12-8-16/h5-12,14H,3-4,13H2,1-2H3,(H,22,24). The lowest BCUT2D eigenvalue weighted by atomic mass is 10.1. The van der Waals surface area contributed by atoms with E-state index in [0.717, 1.165) is 29.9 Å². The number of ether oxygens (including phenoxy) is 2. The van der Waals surface area contributed by atoms with Gasteiger partial charge in [-0.1, -0.05) is 18.5 Å². The van der Waals surface area contributed by atoms with Crippen molar-refractivity contribution in [2.24, 2.45) is 0 Å². The van der Waals surface area contributed by atoms with Crippen LogP contribution in [0.4, 0.5) is 5.69 Å². The van der Waals surface area contributed by atoms with Gasteiger partial charge < -0.3 is 19.3 Å². The molecule has 3 aromatic rings. The van der Waals surface area contributed by atoms with Crippen molar-refractivity contribution in [3.63, 3.8) is 0 Å². The van der Waals surface area contributed by atoms with Crippen molar-refractivity contribution < 1.29 is 18.8 Å². The van der Waals surface area contributed by atoms with Gasteiger partial charge in [0.2, 0.25) is 0 Å². The Morgan fingerprint density at radius 1 is 1.07 bits per heavy atom. The van der Waals surface area contributed by atoms with E-state index in [9.17, 15) is 4.79 Å². The van der Waals surface area contributed by atoms with Crippen molar-refractivity contribution in [1.82, 2.24) is 5.16 Å². The lowest BCUT2D eigenvalue weighted by Gasteiger charge is -2.05. The number of hydrogen-bond acceptors (Lipinski definition) is 5. The first-order chi connectivity index (χ1) is 13.2. The molecule has 0 unspecified atom stereocenters. The van der Waals surface area contributed by atoms with Gasteiger partial charge in [-0.2, -0.15) is 0 Å². The minimum Gasteiger partial charge on any atom is -0.497 e. The fourth-order valence-electron chi connectivity index (χ4n) is 2.44. The van der Waals surface area contributed by atoms with Gasteiger partial charge in [0.15, 0.2) is 11.5 Å². The number of rotatable bonds is 8. The zero-order valence-corrected chi connectivity index (χ0v) is 15.4. The molecule has 0 saturated heterocycles. The largest absolute Gasteiger partial charge is 0.497 e. The zero-order valence-electron chi connectivity index (χ0n) is 15.4. The summed E-state index contributed by atoms with van der Waals surface area (Å²) in [4.78, 5) is 12.3. The van der Waals surface area contributed by atoms with Crippen LogP contribution < -0.4 is 14.8 Å². The highest BCUT2D eigenvalue weighted by molar-refractivity contribution is 6.03. The Morgan fingerprint density at radius 3 is 2.44 bits per heavy atom. The number of amides is 1. The molecule has 2 aromatic carbocycles. The molecule has 27 heavy (non-hydrogen) atoms. The monoisotopic (exact) mass is 366 g/mol. The number of carbonyl (C=O) groups is 1. The van der Waals surface area contributed by atoms with Crippen LogP contribution >= 0.6 is 0 Å². The van der Waals surface area contributed by atoms with Gasteiger partial charge in [-0.05, 0) is 55.0 Å². The molecule has 0 fully saturated rings. The average molecular weight is 366 g/mol. The van der Waals surface area contributed by atoms with Gasteiger partial charge >= 0.3 is 0 Å². The minimum absolute atomic E-state index is 0.212. The molecule has 6 heteroatoms. The number of carbonyl (C=O) groups excluding carboxylic acids is 1. The predicted molar refractivity (Wildman–Crippen MR) is 103 cm³/mol. The van der Waals surface area contributed by atoms with Gasteiger partial charge in [-0.3, -0.25) is 4.79 Å². The van der Waals surface area contributed by atoms with Gasteiger partial charge in [-0.15, -0.1) is 0 Å². The van der Waals surface area contributed by atoms with Crippen LogP contribution in [0, 0.1) is 0 Å². The van der Waals surface area contributed by atoms with E-state index in [2.05, 4.69) is 17.4 Å². The third kappa shape index (κ3) is 4.88. The van der Waals surface area contributed by atoms with Gasteiger partial charge in [0, 0.05) is 17.3 Å². The molecule has 0 aliphatic rings. The van der Waals surface area contributed by atoms with Crippen LogP contribution in [0.2, 0.25) is 0 Å². The summed E-state index contributed by atoms with van der Waals surface area (Å²) >= 11 is 0. The molecule has 6 nitrogen and oxygen atoms in total. The molecule has 3 rings (SSSR count). The Hall–Kier alpha value is -3.28. The SMILES string of the molecule is CCCCOc1ccc(-c2cc(C(=O)Nc3ccc(OC)cc3)no2)cc1. The van der Waals surface area contributed by atoms with E-state index in [-0.39, 0.29) is 11.6 Å². The van der Waals surface area contributed by atoms with E-state index in [0.29, 0.717) is 18.1 Å². The number of nitrogens with zero attached hydrogens (tertiary/aromatic N) is 1. The number of benzene rings is 2. The van der Waals surface area contributed by atoms with Crippen LogP contribution in [-0.2, 0) is 0 Å². The Bertz CT molecular complexity index is 870. The number of nitrogens with one attached hydrogen (secondary N) is 1. The average Bonchev–Trinajstić information content (AvgIpc) is 3.20. The van der Waals surface area contributed by atoms with Crippen molar-refractivity contribution in [3.05, 3.63) is 60.3 Å². The summed E-state index contributed by atoms with van der Waals surface area (Å²) in [6.07, 6.45) is 2.12. The maximum Gasteiger partial charge on any atom is 0.277 e. The van der Waals surface area contributed by atoms with E-state index in [4.69, 9.17) is 14.0 Å². The van der Waals surface area contributed by atoms with E-state index in [1.54, 1.807) is 37.4 Å². The molecule has 1 aromatic heterocycles. The molecule has 0 bridgehead atoms. The summed E-state index contributed by atoms with van der Waals surface area (Å²) in [7, 11) is 1.59. The molecule has 0 radical (unpaired) electrons. The maximum absolute atomic E-state index is 12.3. The summed E-state index contributed by atoms with van der Waals surface area (Å²) in [6.45, 7) is 2.83. The molecule has 1 amide bonds. The number of methoxy groups -OCH3 is 1. The second-order valence-electron chi connectivity index (χ2n) is 5.99. The zero-order chi connectivity index (χ0) is 19.1. The summed E-state index contributed by atoms with van der Waals surface area (Å²) in [5, 5.41) is 6.64. The topological polar surface area (TPSA) is 73.6 Å². The van der Waals surface area contributed by atoms with Crippen molar-refractivity contribution in [1.29, 1.82) is 0 Å². The first-order valence-electron chi connectivity index (χ1n) is 8.85. The Kier molecular flexibility index (Phi) is 6.10. The Labute approximate surface area is 158 Å². The predicted octanol–water partition coefficient (Wildman–Crippen LogP) is 4.78. The molecule has 1 heterocycles. The quantitative estimate of drug-likeness (QED) is 0.581. The highest BCUT2D eigenvalue weighted by Crippen LogP contribution is 2.24. The highest BCUT2D eigenvalue weighted by atomic mass is 16.5. The van der Waals surface area contributed by atoms with E-state index in [1.807, 2.05) is 24.3 Å². The van der Waals surface area contributed by atoms with Gasteiger partial charge in [0.1, 0.15) is 11.5 Å². The number of unbranched alkanes of at least 4 members (excludes halogenated alkanes) is 1. The van der Waals surface area contributed by atoms with Crippen LogP contribution in [0.5, 0.6) is 11.5 Å². The third-order valence-corrected chi connectivity index (χ3v) is 4.00. The molecule has 1 N–H and O–H groups in total. The summed E-state index contributed by atoms with van der Waals surface area (Å²) in [6, 6.07) is 16.2. The first kappa shape index (κ1) is 18.5. The fourth-order valence-corrected chi connectivity index (χ4v) is 2.44. The van der Waals surface area contributed by atoms with Crippen LogP contribution in [-0.4, -0.2) is 24.8 Å². The molecule has 140 valence electrons. The summed E-state index contributed by atoms with van der Waals surface area (Å²) in [5.41, 5.74) is 1.69. The van der Waals surface area contributed by atoms with Gasteiger partial charge in [-0.25, -0.2) is 0 Å². The normalized spacial score (nSPS) is 10.4. The first-order valence-corrected chi connectivity index (χ1v) is 8.85. The molecule has 0 atom stereocenters. The number of hydrogen-bond donors (Lipinski definition) is 1.